The average Bonchev–Trinajstić information content (AvgIpc) is 3.11. The van der Waals surface area contributed by atoms with E-state index in [0.29, 0.717) is 13.0 Å². The molecule has 19 heavy (non-hydrogen) atoms. The Balaban J connectivity index is 1.93. The number of nitrogens with zero attached hydrogens (tertiary/aromatic N) is 1. The van der Waals surface area contributed by atoms with Crippen LogP contribution in [0.2, 0.25) is 0 Å². The van der Waals surface area contributed by atoms with E-state index < -0.39 is 0 Å². The molecule has 2 N–H and O–H groups in total. The van der Waals surface area contributed by atoms with Crippen molar-refractivity contribution in [2.75, 3.05) is 13.2 Å². The number of hydrogen-bond donors (Lipinski definition) is 2. The van der Waals surface area contributed by atoms with Crippen LogP contribution < -0.4 is 5.32 Å². The maximum atomic E-state index is 12.0. The van der Waals surface area contributed by atoms with Crippen molar-refractivity contribution in [3.8, 4) is 0 Å². The van der Waals surface area contributed by atoms with E-state index >= 15 is 0 Å². The van der Waals surface area contributed by atoms with Crippen LogP contribution in [0.5, 0.6) is 0 Å². The molecule has 0 aliphatic heterocycles. The molecule has 1 aromatic rings. The fourth-order valence-corrected chi connectivity index (χ4v) is 2.21. The van der Waals surface area contributed by atoms with Crippen molar-refractivity contribution in [2.45, 2.75) is 46.0 Å². The summed E-state index contributed by atoms with van der Waals surface area (Å²) in [5.41, 5.74) is 1.75. The molecular formula is C14H22N2O3. The van der Waals surface area contributed by atoms with Gasteiger partial charge in [-0.15, -0.1) is 0 Å². The summed E-state index contributed by atoms with van der Waals surface area (Å²) in [7, 11) is 0. The highest BCUT2D eigenvalue weighted by Gasteiger charge is 2.42. The molecule has 5 nitrogen and oxygen atoms in total. The fourth-order valence-electron chi connectivity index (χ4n) is 2.21. The molecule has 0 aromatic carbocycles. The van der Waals surface area contributed by atoms with Crippen molar-refractivity contribution >= 4 is 5.91 Å². The molecule has 0 atom stereocenters. The number of amides is 1. The molecule has 1 aliphatic rings. The largest absolute Gasteiger partial charge is 0.396 e. The Bertz CT molecular complexity index is 428. The summed E-state index contributed by atoms with van der Waals surface area (Å²) in [6.45, 7) is 4.72. The van der Waals surface area contributed by atoms with Crippen LogP contribution in [0, 0.1) is 5.41 Å². The molecule has 1 fully saturated rings. The monoisotopic (exact) mass is 266 g/mol. The Kier molecular flexibility index (Phi) is 4.24. The van der Waals surface area contributed by atoms with E-state index in [1.807, 2.05) is 13.8 Å². The van der Waals surface area contributed by atoms with E-state index in [1.165, 1.54) is 0 Å². The van der Waals surface area contributed by atoms with Gasteiger partial charge in [-0.1, -0.05) is 19.0 Å². The first kappa shape index (κ1) is 14.1. The highest BCUT2D eigenvalue weighted by molar-refractivity contribution is 5.79. The summed E-state index contributed by atoms with van der Waals surface area (Å²) in [6, 6.07) is 0. The number of carbonyl (C=O) groups excluding carboxylic acids is 1. The molecule has 106 valence electrons. The van der Waals surface area contributed by atoms with Gasteiger partial charge in [-0.3, -0.25) is 4.79 Å². The van der Waals surface area contributed by atoms with Gasteiger partial charge in [-0.2, -0.15) is 0 Å². The van der Waals surface area contributed by atoms with E-state index in [4.69, 9.17) is 4.52 Å². The summed E-state index contributed by atoms with van der Waals surface area (Å²) in [5, 5.41) is 16.1. The van der Waals surface area contributed by atoms with Gasteiger partial charge in [-0.05, 0) is 19.3 Å². The summed E-state index contributed by atoms with van der Waals surface area (Å²) in [6.07, 6.45) is 3.83. The van der Waals surface area contributed by atoms with Gasteiger partial charge in [0, 0.05) is 23.9 Å². The van der Waals surface area contributed by atoms with Gasteiger partial charge >= 0.3 is 0 Å². The van der Waals surface area contributed by atoms with E-state index in [-0.39, 0.29) is 17.9 Å². The normalized spacial score (nSPS) is 16.4. The molecule has 2 rings (SSSR count). The van der Waals surface area contributed by atoms with Gasteiger partial charge in [0.05, 0.1) is 18.7 Å². The Hall–Kier alpha value is -1.36. The standard InChI is InChI=1S/C14H22N2O3/c1-3-11-10(12(4-2)19-16-11)7-13(18)15-8-14(9-17)5-6-14/h17H,3-9H2,1-2H3,(H,15,18). The number of nitrogens with one attached hydrogen (secondary N) is 1. The smallest absolute Gasteiger partial charge is 0.224 e. The SMILES string of the molecule is CCc1noc(CC)c1CC(=O)NCC1(CO)CC1. The molecule has 5 heteroatoms. The molecule has 0 radical (unpaired) electrons. The number of aromatic nitrogens is 1. The van der Waals surface area contributed by atoms with Gasteiger partial charge in [0.25, 0.3) is 0 Å². The molecule has 0 unspecified atom stereocenters. The topological polar surface area (TPSA) is 75.4 Å². The molecule has 1 aliphatic carbocycles. The molecule has 0 saturated heterocycles. The van der Waals surface area contributed by atoms with Crippen LogP contribution in [0.1, 0.15) is 43.7 Å². The van der Waals surface area contributed by atoms with Crippen molar-refractivity contribution in [1.29, 1.82) is 0 Å². The first-order chi connectivity index (χ1) is 9.14. The highest BCUT2D eigenvalue weighted by Crippen LogP contribution is 2.44. The van der Waals surface area contributed by atoms with Gasteiger partial charge in [0.2, 0.25) is 5.91 Å². The number of hydrogen-bond acceptors (Lipinski definition) is 4. The highest BCUT2D eigenvalue weighted by atomic mass is 16.5. The van der Waals surface area contributed by atoms with Crippen LogP contribution >= 0.6 is 0 Å². The van der Waals surface area contributed by atoms with Crippen LogP contribution in [0.25, 0.3) is 0 Å². The van der Waals surface area contributed by atoms with E-state index in [2.05, 4.69) is 10.5 Å². The third-order valence-electron chi connectivity index (χ3n) is 3.90. The van der Waals surface area contributed by atoms with Gasteiger partial charge in [-0.25, -0.2) is 0 Å². The Morgan fingerprint density at radius 1 is 1.42 bits per heavy atom. The van der Waals surface area contributed by atoms with Crippen LogP contribution in [0.3, 0.4) is 0 Å². The Morgan fingerprint density at radius 3 is 2.68 bits per heavy atom. The van der Waals surface area contributed by atoms with Crippen molar-refractivity contribution in [3.63, 3.8) is 0 Å². The minimum absolute atomic E-state index is 0.0210. The number of aryl methyl sites for hydroxylation is 2. The number of aliphatic hydroxyl groups excluding tert-OH is 1. The van der Waals surface area contributed by atoms with Crippen LogP contribution in [-0.2, 0) is 24.1 Å². The lowest BCUT2D eigenvalue weighted by Crippen LogP contribution is -2.33. The molecule has 0 bridgehead atoms. The average molecular weight is 266 g/mol. The Labute approximate surface area is 113 Å². The Morgan fingerprint density at radius 2 is 2.16 bits per heavy atom. The third kappa shape index (κ3) is 3.15. The molecule has 1 aromatic heterocycles. The zero-order chi connectivity index (χ0) is 13.9. The van der Waals surface area contributed by atoms with Gasteiger partial charge in [0.1, 0.15) is 5.76 Å². The van der Waals surface area contributed by atoms with Crippen molar-refractivity contribution < 1.29 is 14.4 Å². The minimum Gasteiger partial charge on any atom is -0.396 e. The second-order valence-corrected chi connectivity index (χ2v) is 5.35. The van der Waals surface area contributed by atoms with Gasteiger partial charge < -0.3 is 14.9 Å². The first-order valence-corrected chi connectivity index (χ1v) is 6.98. The minimum atomic E-state index is -0.0501. The quantitative estimate of drug-likeness (QED) is 0.778. The molecular weight excluding hydrogens is 244 g/mol. The zero-order valence-electron chi connectivity index (χ0n) is 11.7. The van der Waals surface area contributed by atoms with E-state index in [1.54, 1.807) is 0 Å². The zero-order valence-corrected chi connectivity index (χ0v) is 11.7. The summed E-state index contributed by atoms with van der Waals surface area (Å²) in [5.74, 6) is 0.780. The summed E-state index contributed by atoms with van der Waals surface area (Å²) in [4.78, 5) is 12.0. The second kappa shape index (κ2) is 5.74. The lowest BCUT2D eigenvalue weighted by atomic mass is 10.1. The molecule has 1 amide bonds. The maximum absolute atomic E-state index is 12.0. The summed E-state index contributed by atoms with van der Waals surface area (Å²) >= 11 is 0. The van der Waals surface area contributed by atoms with Crippen molar-refractivity contribution in [3.05, 3.63) is 17.0 Å². The van der Waals surface area contributed by atoms with E-state index in [0.717, 1.165) is 42.7 Å². The van der Waals surface area contributed by atoms with Crippen molar-refractivity contribution in [1.82, 2.24) is 10.5 Å². The predicted molar refractivity (Wildman–Crippen MR) is 70.7 cm³/mol. The molecule has 0 spiro atoms. The van der Waals surface area contributed by atoms with Gasteiger partial charge in [0.15, 0.2) is 0 Å². The number of aliphatic hydroxyl groups is 1. The number of carbonyl (C=O) groups is 1. The fraction of sp³-hybridized carbons (Fsp3) is 0.714. The lowest BCUT2D eigenvalue weighted by Gasteiger charge is -2.12. The van der Waals surface area contributed by atoms with E-state index in [9.17, 15) is 9.90 Å². The predicted octanol–water partition coefficient (Wildman–Crippen LogP) is 1.23. The number of rotatable bonds is 7. The first-order valence-electron chi connectivity index (χ1n) is 6.98. The van der Waals surface area contributed by atoms with Crippen molar-refractivity contribution in [2.24, 2.45) is 5.41 Å². The lowest BCUT2D eigenvalue weighted by molar-refractivity contribution is -0.120. The van der Waals surface area contributed by atoms with Crippen LogP contribution in [0.15, 0.2) is 4.52 Å². The second-order valence-electron chi connectivity index (χ2n) is 5.35. The van der Waals surface area contributed by atoms with Crippen LogP contribution in [0.4, 0.5) is 0 Å². The maximum Gasteiger partial charge on any atom is 0.224 e. The third-order valence-corrected chi connectivity index (χ3v) is 3.90. The molecule has 1 saturated carbocycles. The molecule has 1 heterocycles. The summed E-state index contributed by atoms with van der Waals surface area (Å²) < 4.78 is 5.25. The van der Waals surface area contributed by atoms with Crippen LogP contribution in [-0.4, -0.2) is 29.3 Å².